The molecular formula is C11H9ClN2O. The molecule has 15 heavy (non-hydrogen) atoms. The van der Waals surface area contributed by atoms with Gasteiger partial charge in [-0.25, -0.2) is 0 Å². The second kappa shape index (κ2) is 3.87. The molecule has 1 heterocycles. The van der Waals surface area contributed by atoms with Crippen molar-refractivity contribution in [2.45, 2.75) is 6.92 Å². The van der Waals surface area contributed by atoms with Crippen LogP contribution in [0, 0.1) is 0 Å². The molecule has 0 spiro atoms. The van der Waals surface area contributed by atoms with Gasteiger partial charge in [0.2, 0.25) is 5.91 Å². The molecule has 3 nitrogen and oxygen atoms in total. The minimum atomic E-state index is -0.101. The minimum absolute atomic E-state index is 0.101. The number of hydrogen-bond acceptors (Lipinski definition) is 2. The molecule has 0 aliphatic heterocycles. The zero-order valence-electron chi connectivity index (χ0n) is 8.12. The van der Waals surface area contributed by atoms with Gasteiger partial charge in [-0.15, -0.1) is 0 Å². The number of carbonyl (C=O) groups excluding carboxylic acids is 1. The number of hydrogen-bond donors (Lipinski definition) is 1. The summed E-state index contributed by atoms with van der Waals surface area (Å²) in [6, 6.07) is 7.18. The molecule has 1 aromatic carbocycles. The van der Waals surface area contributed by atoms with E-state index < -0.39 is 0 Å². The number of aromatic nitrogens is 1. The van der Waals surface area contributed by atoms with E-state index in [1.807, 2.05) is 6.07 Å². The van der Waals surface area contributed by atoms with Gasteiger partial charge in [-0.1, -0.05) is 11.6 Å². The summed E-state index contributed by atoms with van der Waals surface area (Å²) in [6.07, 6.45) is 1.64. The SMILES string of the molecule is CC(=O)Nc1ccc2c(Cl)ccnc2c1. The Bertz CT molecular complexity index is 525. The van der Waals surface area contributed by atoms with Crippen LogP contribution in [0.2, 0.25) is 5.02 Å². The van der Waals surface area contributed by atoms with Gasteiger partial charge in [0.05, 0.1) is 10.5 Å². The first-order chi connectivity index (χ1) is 7.16. The van der Waals surface area contributed by atoms with Crippen LogP contribution in [0.1, 0.15) is 6.92 Å². The van der Waals surface area contributed by atoms with Crippen molar-refractivity contribution < 1.29 is 4.79 Å². The molecule has 1 aromatic heterocycles. The lowest BCUT2D eigenvalue weighted by Crippen LogP contribution is -2.05. The molecule has 0 aliphatic rings. The highest BCUT2D eigenvalue weighted by molar-refractivity contribution is 6.35. The smallest absolute Gasteiger partial charge is 0.221 e. The van der Waals surface area contributed by atoms with Gasteiger partial charge in [-0.2, -0.15) is 0 Å². The number of fused-ring (bicyclic) bond motifs is 1. The number of pyridine rings is 1. The van der Waals surface area contributed by atoms with Crippen LogP contribution in [0.25, 0.3) is 10.9 Å². The third kappa shape index (κ3) is 2.07. The van der Waals surface area contributed by atoms with E-state index in [2.05, 4.69) is 10.3 Å². The van der Waals surface area contributed by atoms with E-state index in [-0.39, 0.29) is 5.91 Å². The molecule has 4 heteroatoms. The Kier molecular flexibility index (Phi) is 2.56. The fourth-order valence-electron chi connectivity index (χ4n) is 1.39. The van der Waals surface area contributed by atoms with Crippen molar-refractivity contribution in [3.8, 4) is 0 Å². The summed E-state index contributed by atoms with van der Waals surface area (Å²) in [5, 5.41) is 4.24. The van der Waals surface area contributed by atoms with Crippen LogP contribution >= 0.6 is 11.6 Å². The third-order valence-electron chi connectivity index (χ3n) is 2.01. The van der Waals surface area contributed by atoms with Crippen LogP contribution in [0.3, 0.4) is 0 Å². The van der Waals surface area contributed by atoms with E-state index in [0.29, 0.717) is 5.02 Å². The van der Waals surface area contributed by atoms with Crippen molar-refractivity contribution in [1.82, 2.24) is 4.98 Å². The van der Waals surface area contributed by atoms with Crippen LogP contribution in [-0.2, 0) is 4.79 Å². The van der Waals surface area contributed by atoms with E-state index in [1.165, 1.54) is 6.92 Å². The zero-order chi connectivity index (χ0) is 10.8. The first kappa shape index (κ1) is 9.93. The van der Waals surface area contributed by atoms with Crippen LogP contribution < -0.4 is 5.32 Å². The number of rotatable bonds is 1. The molecule has 0 saturated heterocycles. The summed E-state index contributed by atoms with van der Waals surface area (Å²) >= 11 is 5.99. The fraction of sp³-hybridized carbons (Fsp3) is 0.0909. The molecule has 0 fully saturated rings. The predicted octanol–water partition coefficient (Wildman–Crippen LogP) is 2.85. The quantitative estimate of drug-likeness (QED) is 0.803. The number of benzene rings is 1. The lowest BCUT2D eigenvalue weighted by molar-refractivity contribution is -0.114. The summed E-state index contributed by atoms with van der Waals surface area (Å²) in [6.45, 7) is 1.47. The Balaban J connectivity index is 2.52. The first-order valence-electron chi connectivity index (χ1n) is 4.48. The Morgan fingerprint density at radius 1 is 1.40 bits per heavy atom. The number of amides is 1. The monoisotopic (exact) mass is 220 g/mol. The van der Waals surface area contributed by atoms with Gasteiger partial charge < -0.3 is 5.32 Å². The first-order valence-corrected chi connectivity index (χ1v) is 4.86. The Hall–Kier alpha value is -1.61. The van der Waals surface area contributed by atoms with Gasteiger partial charge in [0, 0.05) is 24.2 Å². The second-order valence-electron chi connectivity index (χ2n) is 3.21. The molecule has 2 aromatic rings. The Labute approximate surface area is 92.1 Å². The Morgan fingerprint density at radius 3 is 2.93 bits per heavy atom. The maximum Gasteiger partial charge on any atom is 0.221 e. The van der Waals surface area contributed by atoms with E-state index in [9.17, 15) is 4.79 Å². The molecule has 2 rings (SSSR count). The number of anilines is 1. The van der Waals surface area contributed by atoms with Crippen LogP contribution in [-0.4, -0.2) is 10.9 Å². The summed E-state index contributed by atoms with van der Waals surface area (Å²) in [4.78, 5) is 15.0. The summed E-state index contributed by atoms with van der Waals surface area (Å²) in [5.74, 6) is -0.101. The van der Waals surface area contributed by atoms with Crippen LogP contribution in [0.15, 0.2) is 30.5 Å². The number of nitrogens with one attached hydrogen (secondary N) is 1. The van der Waals surface area contributed by atoms with Crippen LogP contribution in [0.5, 0.6) is 0 Å². The van der Waals surface area contributed by atoms with E-state index in [4.69, 9.17) is 11.6 Å². The van der Waals surface area contributed by atoms with Crippen molar-refractivity contribution in [1.29, 1.82) is 0 Å². The lowest BCUT2D eigenvalue weighted by Gasteiger charge is -2.04. The molecule has 0 aliphatic carbocycles. The molecule has 1 N–H and O–H groups in total. The van der Waals surface area contributed by atoms with E-state index >= 15 is 0 Å². The van der Waals surface area contributed by atoms with Crippen molar-refractivity contribution in [3.63, 3.8) is 0 Å². The standard InChI is InChI=1S/C11H9ClN2O/c1-7(15)14-8-2-3-9-10(12)4-5-13-11(9)6-8/h2-6H,1H3,(H,14,15). The highest BCUT2D eigenvalue weighted by Gasteiger charge is 2.01. The third-order valence-corrected chi connectivity index (χ3v) is 2.34. The fourth-order valence-corrected chi connectivity index (χ4v) is 1.61. The van der Waals surface area contributed by atoms with Crippen molar-refractivity contribution in [2.75, 3.05) is 5.32 Å². The molecule has 0 radical (unpaired) electrons. The van der Waals surface area contributed by atoms with Crippen molar-refractivity contribution in [2.24, 2.45) is 0 Å². The number of nitrogens with zero attached hydrogens (tertiary/aromatic N) is 1. The highest BCUT2D eigenvalue weighted by Crippen LogP contribution is 2.23. The molecule has 1 amide bonds. The summed E-state index contributed by atoms with van der Waals surface area (Å²) in [7, 11) is 0. The van der Waals surface area contributed by atoms with E-state index in [1.54, 1.807) is 24.4 Å². The minimum Gasteiger partial charge on any atom is -0.326 e. The average Bonchev–Trinajstić information content (AvgIpc) is 2.17. The highest BCUT2D eigenvalue weighted by atomic mass is 35.5. The largest absolute Gasteiger partial charge is 0.326 e. The van der Waals surface area contributed by atoms with Gasteiger partial charge in [0.25, 0.3) is 0 Å². The summed E-state index contributed by atoms with van der Waals surface area (Å²) in [5.41, 5.74) is 1.50. The van der Waals surface area contributed by atoms with Gasteiger partial charge in [-0.05, 0) is 24.3 Å². The topological polar surface area (TPSA) is 42.0 Å². The molecule has 0 unspecified atom stereocenters. The zero-order valence-corrected chi connectivity index (χ0v) is 8.88. The molecule has 76 valence electrons. The average molecular weight is 221 g/mol. The van der Waals surface area contributed by atoms with Crippen molar-refractivity contribution in [3.05, 3.63) is 35.5 Å². The molecular weight excluding hydrogens is 212 g/mol. The maximum atomic E-state index is 10.9. The molecule has 0 bridgehead atoms. The van der Waals surface area contributed by atoms with Gasteiger partial charge >= 0.3 is 0 Å². The predicted molar refractivity (Wildman–Crippen MR) is 61.1 cm³/mol. The second-order valence-corrected chi connectivity index (χ2v) is 3.61. The number of carbonyl (C=O) groups is 1. The van der Waals surface area contributed by atoms with Crippen molar-refractivity contribution >= 4 is 34.1 Å². The Morgan fingerprint density at radius 2 is 2.20 bits per heavy atom. The molecule has 0 atom stereocenters. The van der Waals surface area contributed by atoms with Gasteiger partial charge in [-0.3, -0.25) is 9.78 Å². The van der Waals surface area contributed by atoms with Gasteiger partial charge in [0.15, 0.2) is 0 Å². The van der Waals surface area contributed by atoms with Crippen LogP contribution in [0.4, 0.5) is 5.69 Å². The maximum absolute atomic E-state index is 10.9. The lowest BCUT2D eigenvalue weighted by atomic mass is 10.2. The molecule has 0 saturated carbocycles. The summed E-state index contributed by atoms with van der Waals surface area (Å²) < 4.78 is 0. The van der Waals surface area contributed by atoms with Gasteiger partial charge in [0.1, 0.15) is 0 Å². The number of halogens is 1. The van der Waals surface area contributed by atoms with E-state index in [0.717, 1.165) is 16.6 Å². The normalized spacial score (nSPS) is 10.3.